The first kappa shape index (κ1) is 15.8. The molecule has 0 aromatic heterocycles. The van der Waals surface area contributed by atoms with Gasteiger partial charge in [-0.2, -0.15) is 0 Å². The number of rotatable bonds is 6. The van der Waals surface area contributed by atoms with Gasteiger partial charge in [0, 0.05) is 11.6 Å². The van der Waals surface area contributed by atoms with Crippen LogP contribution in [0, 0.1) is 5.92 Å². The number of hydrogen-bond acceptors (Lipinski definition) is 4. The number of methoxy groups -OCH3 is 1. The molecule has 0 amide bonds. The zero-order chi connectivity index (χ0) is 14.6. The van der Waals surface area contributed by atoms with Crippen LogP contribution in [0.3, 0.4) is 0 Å². The maximum absolute atomic E-state index is 10.2. The van der Waals surface area contributed by atoms with E-state index in [-0.39, 0.29) is 12.5 Å². The molecule has 0 heterocycles. The smallest absolute Gasteiger partial charge is 0.128 e. The summed E-state index contributed by atoms with van der Waals surface area (Å²) >= 11 is 0. The van der Waals surface area contributed by atoms with Crippen LogP contribution in [0.4, 0.5) is 0 Å². The van der Waals surface area contributed by atoms with Crippen molar-refractivity contribution in [3.05, 3.63) is 23.8 Å². The van der Waals surface area contributed by atoms with Gasteiger partial charge >= 0.3 is 0 Å². The minimum Gasteiger partial charge on any atom is -0.497 e. The third-order valence-corrected chi connectivity index (χ3v) is 3.43. The lowest BCUT2D eigenvalue weighted by Crippen LogP contribution is -2.38. The summed E-state index contributed by atoms with van der Waals surface area (Å²) in [6.07, 6.45) is -0.634. The Morgan fingerprint density at radius 3 is 2.37 bits per heavy atom. The topological polar surface area (TPSA) is 58.9 Å². The molecule has 108 valence electrons. The van der Waals surface area contributed by atoms with Crippen molar-refractivity contribution in [1.29, 1.82) is 0 Å². The number of hydrogen-bond donors (Lipinski definition) is 2. The first-order chi connectivity index (χ1) is 8.77. The minimum absolute atomic E-state index is 0.0770. The zero-order valence-electron chi connectivity index (χ0n) is 12.3. The van der Waals surface area contributed by atoms with E-state index in [1.165, 1.54) is 0 Å². The third-order valence-electron chi connectivity index (χ3n) is 3.43. The van der Waals surface area contributed by atoms with E-state index >= 15 is 0 Å². The van der Waals surface area contributed by atoms with Crippen molar-refractivity contribution < 1.29 is 19.7 Å². The minimum atomic E-state index is -0.918. The molecular weight excluding hydrogens is 244 g/mol. The van der Waals surface area contributed by atoms with Gasteiger partial charge in [0.05, 0.1) is 18.8 Å². The van der Waals surface area contributed by atoms with Gasteiger partial charge < -0.3 is 19.7 Å². The Hall–Kier alpha value is -1.26. The van der Waals surface area contributed by atoms with E-state index in [9.17, 15) is 10.2 Å². The van der Waals surface area contributed by atoms with Crippen LogP contribution in [0.5, 0.6) is 11.5 Å². The molecule has 0 fully saturated rings. The van der Waals surface area contributed by atoms with Gasteiger partial charge in [-0.25, -0.2) is 0 Å². The van der Waals surface area contributed by atoms with Crippen LogP contribution in [0.2, 0.25) is 0 Å². The largest absolute Gasteiger partial charge is 0.497 e. The Morgan fingerprint density at radius 2 is 1.89 bits per heavy atom. The maximum Gasteiger partial charge on any atom is 0.128 e. The first-order valence-electron chi connectivity index (χ1n) is 6.49. The lowest BCUT2D eigenvalue weighted by atomic mass is 9.94. The highest BCUT2D eigenvalue weighted by Gasteiger charge is 2.26. The van der Waals surface area contributed by atoms with Crippen LogP contribution in [-0.2, 0) is 0 Å². The fraction of sp³-hybridized carbons (Fsp3) is 0.600. The van der Waals surface area contributed by atoms with Gasteiger partial charge in [-0.1, -0.05) is 13.8 Å². The van der Waals surface area contributed by atoms with Crippen molar-refractivity contribution in [1.82, 2.24) is 0 Å². The molecule has 1 unspecified atom stereocenters. The summed E-state index contributed by atoms with van der Waals surface area (Å²) in [4.78, 5) is 0. The lowest BCUT2D eigenvalue weighted by Gasteiger charge is -2.28. The third kappa shape index (κ3) is 4.11. The van der Waals surface area contributed by atoms with Gasteiger partial charge in [0.2, 0.25) is 0 Å². The van der Waals surface area contributed by atoms with Gasteiger partial charge in [-0.15, -0.1) is 0 Å². The standard InChI is InChI=1S/C15H24O4/c1-10(2)15(4,17)9-19-14-8-12(18-5)6-7-13(14)11(3)16/h6-8,10-11,16-17H,9H2,1-5H3/t11-,15?/m1/s1. The molecule has 0 aliphatic carbocycles. The molecule has 1 rings (SSSR count). The van der Waals surface area contributed by atoms with Gasteiger partial charge in [-0.3, -0.25) is 0 Å². The van der Waals surface area contributed by atoms with Gasteiger partial charge in [0.1, 0.15) is 18.1 Å². The average molecular weight is 268 g/mol. The first-order valence-corrected chi connectivity index (χ1v) is 6.49. The number of ether oxygens (including phenoxy) is 2. The highest BCUT2D eigenvalue weighted by molar-refractivity contribution is 5.41. The van der Waals surface area contributed by atoms with Crippen molar-refractivity contribution in [2.24, 2.45) is 5.92 Å². The molecule has 0 radical (unpaired) electrons. The van der Waals surface area contributed by atoms with E-state index in [0.717, 1.165) is 0 Å². The lowest BCUT2D eigenvalue weighted by molar-refractivity contribution is -0.0273. The molecule has 1 aromatic carbocycles. The Morgan fingerprint density at radius 1 is 1.26 bits per heavy atom. The summed E-state index contributed by atoms with van der Waals surface area (Å²) in [6, 6.07) is 5.26. The number of aliphatic hydroxyl groups excluding tert-OH is 1. The van der Waals surface area contributed by atoms with Crippen LogP contribution >= 0.6 is 0 Å². The molecule has 19 heavy (non-hydrogen) atoms. The molecule has 1 aromatic rings. The SMILES string of the molecule is COc1ccc([C@@H](C)O)c(OCC(C)(O)C(C)C)c1. The van der Waals surface area contributed by atoms with Crippen molar-refractivity contribution in [3.8, 4) is 11.5 Å². The van der Waals surface area contributed by atoms with Crippen molar-refractivity contribution >= 4 is 0 Å². The Balaban J connectivity index is 2.92. The highest BCUT2D eigenvalue weighted by atomic mass is 16.5. The van der Waals surface area contributed by atoms with Crippen molar-refractivity contribution in [2.75, 3.05) is 13.7 Å². The maximum atomic E-state index is 10.2. The van der Waals surface area contributed by atoms with Crippen molar-refractivity contribution in [2.45, 2.75) is 39.4 Å². The average Bonchev–Trinajstić information content (AvgIpc) is 2.35. The summed E-state index contributed by atoms with van der Waals surface area (Å²) in [6.45, 7) is 7.45. The molecule has 4 heteroatoms. The molecule has 0 saturated heterocycles. The molecule has 2 N–H and O–H groups in total. The normalized spacial score (nSPS) is 16.0. The van der Waals surface area contributed by atoms with Crippen LogP contribution in [0.1, 0.15) is 39.4 Å². The Labute approximate surface area is 115 Å². The quantitative estimate of drug-likeness (QED) is 0.832. The van der Waals surface area contributed by atoms with Crippen molar-refractivity contribution in [3.63, 3.8) is 0 Å². The molecule has 2 atom stereocenters. The second-order valence-electron chi connectivity index (χ2n) is 5.38. The summed E-state index contributed by atoms with van der Waals surface area (Å²) in [5.41, 5.74) is -0.237. The predicted molar refractivity (Wildman–Crippen MR) is 74.6 cm³/mol. The van der Waals surface area contributed by atoms with E-state index in [0.29, 0.717) is 17.1 Å². The van der Waals surface area contributed by atoms with Crippen LogP contribution in [0.15, 0.2) is 18.2 Å². The summed E-state index contributed by atoms with van der Waals surface area (Å²) < 4.78 is 10.8. The van der Waals surface area contributed by atoms with E-state index in [4.69, 9.17) is 9.47 Å². The molecule has 0 spiro atoms. The summed E-state index contributed by atoms with van der Waals surface area (Å²) in [5, 5.41) is 19.9. The van der Waals surface area contributed by atoms with Gasteiger partial charge in [0.15, 0.2) is 0 Å². The molecule has 0 saturated carbocycles. The summed E-state index contributed by atoms with van der Waals surface area (Å²) in [5.74, 6) is 1.27. The Kier molecular flexibility index (Phi) is 5.20. The number of aliphatic hydroxyl groups is 2. The monoisotopic (exact) mass is 268 g/mol. The van der Waals surface area contributed by atoms with Crippen LogP contribution in [0.25, 0.3) is 0 Å². The van der Waals surface area contributed by atoms with E-state index in [1.807, 2.05) is 13.8 Å². The second-order valence-corrected chi connectivity index (χ2v) is 5.38. The fourth-order valence-corrected chi connectivity index (χ4v) is 1.50. The van der Waals surface area contributed by atoms with Gasteiger partial charge in [-0.05, 0) is 31.9 Å². The number of benzene rings is 1. The second kappa shape index (κ2) is 6.26. The fourth-order valence-electron chi connectivity index (χ4n) is 1.50. The van der Waals surface area contributed by atoms with Gasteiger partial charge in [0.25, 0.3) is 0 Å². The predicted octanol–water partition coefficient (Wildman–Crippen LogP) is 2.53. The molecule has 0 aliphatic rings. The van der Waals surface area contributed by atoms with Crippen LogP contribution < -0.4 is 9.47 Å². The molecule has 0 aliphatic heterocycles. The van der Waals surface area contributed by atoms with Crippen LogP contribution in [-0.4, -0.2) is 29.5 Å². The van der Waals surface area contributed by atoms with E-state index < -0.39 is 11.7 Å². The molecule has 0 bridgehead atoms. The molecular formula is C15H24O4. The Bertz CT molecular complexity index is 411. The summed E-state index contributed by atoms with van der Waals surface area (Å²) in [7, 11) is 1.57. The zero-order valence-corrected chi connectivity index (χ0v) is 12.3. The molecule has 4 nitrogen and oxygen atoms in total. The van der Waals surface area contributed by atoms with E-state index in [2.05, 4.69) is 0 Å². The van der Waals surface area contributed by atoms with E-state index in [1.54, 1.807) is 39.2 Å². The highest BCUT2D eigenvalue weighted by Crippen LogP contribution is 2.30.